The summed E-state index contributed by atoms with van der Waals surface area (Å²) in [7, 11) is 0. The number of phenols is 1. The van der Waals surface area contributed by atoms with Crippen LogP contribution in [0.3, 0.4) is 0 Å². The number of rotatable bonds is 8. The maximum absolute atomic E-state index is 12.7. The van der Waals surface area contributed by atoms with Gasteiger partial charge in [0.15, 0.2) is 11.5 Å². The lowest BCUT2D eigenvalue weighted by Crippen LogP contribution is -2.36. The number of allylic oxidation sites excluding steroid dienone is 1. The van der Waals surface area contributed by atoms with Crippen LogP contribution >= 0.6 is 11.8 Å². The molecule has 1 aliphatic rings. The second kappa shape index (κ2) is 9.99. The Hall–Kier alpha value is -3.52. The number of ether oxygens (including phenoxy) is 1. The normalized spacial score (nSPS) is 14.7. The van der Waals surface area contributed by atoms with Crippen LogP contribution in [0.5, 0.6) is 11.5 Å². The van der Waals surface area contributed by atoms with E-state index < -0.39 is 17.1 Å². The van der Waals surface area contributed by atoms with E-state index in [4.69, 9.17) is 4.74 Å². The van der Waals surface area contributed by atoms with Crippen molar-refractivity contribution in [3.63, 3.8) is 0 Å². The van der Waals surface area contributed by atoms with Gasteiger partial charge in [-0.1, -0.05) is 24.3 Å². The monoisotopic (exact) mass is 438 g/mol. The third-order valence-electron chi connectivity index (χ3n) is 4.37. The molecule has 160 valence electrons. The second-order valence-electron chi connectivity index (χ2n) is 6.63. The zero-order valence-electron chi connectivity index (χ0n) is 17.0. The van der Waals surface area contributed by atoms with Crippen molar-refractivity contribution in [1.29, 1.82) is 0 Å². The first-order valence-electron chi connectivity index (χ1n) is 9.62. The standard InChI is InChI=1S/C23H22N2O5S/c1-3-8-16-11-15(12-18(21(16)27)30-4-2)13-19-22(28)25(23(29)31-19)14-20(26)24-17-9-6-5-7-10-17/h3,5-7,9-13,27H,1,4,8,14H2,2H3,(H,24,26)/b19-13-. The van der Waals surface area contributed by atoms with Crippen LogP contribution in [0.4, 0.5) is 10.5 Å². The van der Waals surface area contributed by atoms with Gasteiger partial charge in [-0.3, -0.25) is 19.3 Å². The van der Waals surface area contributed by atoms with Crippen LogP contribution < -0.4 is 10.1 Å². The summed E-state index contributed by atoms with van der Waals surface area (Å²) < 4.78 is 5.47. The van der Waals surface area contributed by atoms with Crippen molar-refractivity contribution in [2.75, 3.05) is 18.5 Å². The molecule has 7 nitrogen and oxygen atoms in total. The van der Waals surface area contributed by atoms with E-state index in [0.29, 0.717) is 29.8 Å². The molecule has 0 atom stereocenters. The number of nitrogens with zero attached hydrogens (tertiary/aromatic N) is 1. The Balaban J connectivity index is 1.79. The molecular formula is C23H22N2O5S. The summed E-state index contributed by atoms with van der Waals surface area (Å²) in [5.74, 6) is -0.708. The fourth-order valence-electron chi connectivity index (χ4n) is 3.00. The van der Waals surface area contributed by atoms with E-state index in [1.54, 1.807) is 55.5 Å². The first-order chi connectivity index (χ1) is 14.9. The van der Waals surface area contributed by atoms with Crippen molar-refractivity contribution in [2.24, 2.45) is 0 Å². The molecular weight excluding hydrogens is 416 g/mol. The van der Waals surface area contributed by atoms with Gasteiger partial charge in [0, 0.05) is 11.3 Å². The number of anilines is 1. The number of hydrogen-bond acceptors (Lipinski definition) is 6. The number of benzene rings is 2. The van der Waals surface area contributed by atoms with Crippen LogP contribution in [0.2, 0.25) is 0 Å². The molecule has 1 saturated heterocycles. The van der Waals surface area contributed by atoms with Crippen molar-refractivity contribution >= 4 is 40.6 Å². The van der Waals surface area contributed by atoms with Crippen molar-refractivity contribution < 1.29 is 24.2 Å². The predicted octanol–water partition coefficient (Wildman–Crippen LogP) is 4.19. The quantitative estimate of drug-likeness (QED) is 0.474. The number of hydrogen-bond donors (Lipinski definition) is 2. The molecule has 0 bridgehead atoms. The number of carbonyl (C=O) groups excluding carboxylic acids is 3. The Bertz CT molecular complexity index is 1050. The maximum Gasteiger partial charge on any atom is 0.294 e. The van der Waals surface area contributed by atoms with Gasteiger partial charge in [0.05, 0.1) is 11.5 Å². The number of carbonyl (C=O) groups is 3. The minimum absolute atomic E-state index is 0.0181. The predicted molar refractivity (Wildman–Crippen MR) is 121 cm³/mol. The van der Waals surface area contributed by atoms with Crippen LogP contribution in [0.15, 0.2) is 60.0 Å². The van der Waals surface area contributed by atoms with E-state index in [1.165, 1.54) is 0 Å². The molecule has 0 radical (unpaired) electrons. The van der Waals surface area contributed by atoms with E-state index in [1.807, 2.05) is 6.07 Å². The lowest BCUT2D eigenvalue weighted by atomic mass is 10.1. The van der Waals surface area contributed by atoms with Gasteiger partial charge in [-0.2, -0.15) is 0 Å². The molecule has 1 heterocycles. The summed E-state index contributed by atoms with van der Waals surface area (Å²) in [6.45, 7) is 5.46. The number of amides is 3. The highest BCUT2D eigenvalue weighted by Gasteiger charge is 2.36. The molecule has 1 aliphatic heterocycles. The van der Waals surface area contributed by atoms with Gasteiger partial charge in [-0.15, -0.1) is 6.58 Å². The van der Waals surface area contributed by atoms with Crippen LogP contribution in [0.25, 0.3) is 6.08 Å². The Labute approximate surface area is 184 Å². The molecule has 0 aromatic heterocycles. The van der Waals surface area contributed by atoms with Gasteiger partial charge < -0.3 is 15.2 Å². The molecule has 2 aromatic rings. The van der Waals surface area contributed by atoms with Crippen molar-refractivity contribution in [1.82, 2.24) is 4.90 Å². The summed E-state index contributed by atoms with van der Waals surface area (Å²) in [5, 5.41) is 12.5. The topological polar surface area (TPSA) is 95.9 Å². The van der Waals surface area contributed by atoms with E-state index in [-0.39, 0.29) is 22.9 Å². The van der Waals surface area contributed by atoms with Crippen molar-refractivity contribution in [2.45, 2.75) is 13.3 Å². The average Bonchev–Trinajstić information content (AvgIpc) is 2.99. The highest BCUT2D eigenvalue weighted by Crippen LogP contribution is 2.36. The van der Waals surface area contributed by atoms with Crippen LogP contribution in [-0.4, -0.2) is 40.2 Å². The van der Waals surface area contributed by atoms with Gasteiger partial charge in [-0.05, 0) is 61.0 Å². The maximum atomic E-state index is 12.7. The van der Waals surface area contributed by atoms with Crippen LogP contribution in [-0.2, 0) is 16.0 Å². The largest absolute Gasteiger partial charge is 0.504 e. The average molecular weight is 439 g/mol. The highest BCUT2D eigenvalue weighted by molar-refractivity contribution is 8.18. The van der Waals surface area contributed by atoms with E-state index in [9.17, 15) is 19.5 Å². The first kappa shape index (κ1) is 22.2. The fourth-order valence-corrected chi connectivity index (χ4v) is 3.84. The van der Waals surface area contributed by atoms with Gasteiger partial charge in [0.1, 0.15) is 6.54 Å². The molecule has 3 rings (SSSR count). The molecule has 31 heavy (non-hydrogen) atoms. The third kappa shape index (κ3) is 5.35. The Morgan fingerprint density at radius 3 is 2.68 bits per heavy atom. The van der Waals surface area contributed by atoms with Gasteiger partial charge in [0.25, 0.3) is 11.1 Å². The molecule has 0 saturated carbocycles. The number of thioether (sulfide) groups is 1. The first-order valence-corrected chi connectivity index (χ1v) is 10.4. The van der Waals surface area contributed by atoms with E-state index in [0.717, 1.165) is 16.7 Å². The smallest absolute Gasteiger partial charge is 0.294 e. The van der Waals surface area contributed by atoms with E-state index in [2.05, 4.69) is 11.9 Å². The molecule has 0 aliphatic carbocycles. The zero-order chi connectivity index (χ0) is 22.4. The summed E-state index contributed by atoms with van der Waals surface area (Å²) >= 11 is 0.763. The second-order valence-corrected chi connectivity index (χ2v) is 7.63. The van der Waals surface area contributed by atoms with Crippen molar-refractivity contribution in [3.05, 3.63) is 71.2 Å². The molecule has 3 amide bonds. The summed E-state index contributed by atoms with van der Waals surface area (Å²) in [4.78, 5) is 38.4. The SMILES string of the molecule is C=CCc1cc(/C=C2\SC(=O)N(CC(=O)Nc3ccccc3)C2=O)cc(OCC)c1O. The number of imide groups is 1. The number of nitrogens with one attached hydrogen (secondary N) is 1. The summed E-state index contributed by atoms with van der Waals surface area (Å²) in [5.41, 5.74) is 1.77. The number of phenolic OH excluding ortho intramolecular Hbond substituents is 1. The molecule has 0 spiro atoms. The lowest BCUT2D eigenvalue weighted by molar-refractivity contribution is -0.127. The van der Waals surface area contributed by atoms with Gasteiger partial charge in [-0.25, -0.2) is 0 Å². The summed E-state index contributed by atoms with van der Waals surface area (Å²) in [6.07, 6.45) is 3.61. The minimum Gasteiger partial charge on any atom is -0.504 e. The zero-order valence-corrected chi connectivity index (χ0v) is 17.8. The Morgan fingerprint density at radius 1 is 1.26 bits per heavy atom. The van der Waals surface area contributed by atoms with Gasteiger partial charge in [0.2, 0.25) is 5.91 Å². The Kier molecular flexibility index (Phi) is 7.15. The minimum atomic E-state index is -0.547. The summed E-state index contributed by atoms with van der Waals surface area (Å²) in [6, 6.07) is 12.1. The van der Waals surface area contributed by atoms with Gasteiger partial charge >= 0.3 is 0 Å². The highest BCUT2D eigenvalue weighted by atomic mass is 32.2. The molecule has 2 N–H and O–H groups in total. The molecule has 8 heteroatoms. The lowest BCUT2D eigenvalue weighted by Gasteiger charge is -2.12. The van der Waals surface area contributed by atoms with Crippen LogP contribution in [0.1, 0.15) is 18.1 Å². The number of para-hydroxylation sites is 1. The molecule has 1 fully saturated rings. The number of aromatic hydroxyl groups is 1. The molecule has 2 aromatic carbocycles. The molecule has 0 unspecified atom stereocenters. The fraction of sp³-hybridized carbons (Fsp3) is 0.174. The van der Waals surface area contributed by atoms with E-state index >= 15 is 0 Å². The van der Waals surface area contributed by atoms with Crippen molar-refractivity contribution in [3.8, 4) is 11.5 Å². The Morgan fingerprint density at radius 2 is 2.00 bits per heavy atom. The third-order valence-corrected chi connectivity index (χ3v) is 5.28. The van der Waals surface area contributed by atoms with Crippen LogP contribution in [0, 0.1) is 0 Å².